The standard InChI is InChI=1S/C21H16FN5O/c1-12-17-9-16(6-7-19(17)25-26(12)3)27-13(2)20(11-28)24-21(27)14-4-5-15(10-23)18(22)8-14/h4-9,11H,1-3H3. The smallest absolute Gasteiger partial charge is 0.170 e. The number of rotatable bonds is 3. The molecule has 0 atom stereocenters. The second-order valence-corrected chi connectivity index (χ2v) is 6.58. The minimum atomic E-state index is -0.626. The molecule has 0 bridgehead atoms. The maximum atomic E-state index is 14.2. The van der Waals surface area contributed by atoms with Crippen molar-refractivity contribution in [3.63, 3.8) is 0 Å². The maximum absolute atomic E-state index is 14.2. The molecule has 2 aromatic carbocycles. The summed E-state index contributed by atoms with van der Waals surface area (Å²) < 4.78 is 17.8. The molecule has 4 rings (SSSR count). The predicted octanol–water partition coefficient (Wildman–Crippen LogP) is 3.87. The number of benzene rings is 2. The van der Waals surface area contributed by atoms with Crippen LogP contribution in [0.1, 0.15) is 27.4 Å². The van der Waals surface area contributed by atoms with Crippen LogP contribution in [0.5, 0.6) is 0 Å². The molecule has 0 saturated carbocycles. The van der Waals surface area contributed by atoms with Crippen LogP contribution in [0.4, 0.5) is 4.39 Å². The van der Waals surface area contributed by atoms with Crippen LogP contribution in [0.2, 0.25) is 0 Å². The van der Waals surface area contributed by atoms with Gasteiger partial charge in [-0.25, -0.2) is 9.37 Å². The Labute approximate surface area is 160 Å². The van der Waals surface area contributed by atoms with Crippen molar-refractivity contribution < 1.29 is 9.18 Å². The number of nitriles is 1. The van der Waals surface area contributed by atoms with Crippen molar-refractivity contribution in [3.8, 4) is 23.1 Å². The SMILES string of the molecule is Cc1c2cc(-n3c(-c4ccc(C#N)c(F)c4)nc(C=O)c3C)ccc2nn1C. The minimum Gasteiger partial charge on any atom is -0.296 e. The molecule has 28 heavy (non-hydrogen) atoms. The molecule has 2 heterocycles. The number of fused-ring (bicyclic) bond motifs is 1. The van der Waals surface area contributed by atoms with E-state index < -0.39 is 5.82 Å². The van der Waals surface area contributed by atoms with E-state index in [-0.39, 0.29) is 11.3 Å². The molecule has 2 aromatic heterocycles. The lowest BCUT2D eigenvalue weighted by molar-refractivity contribution is 0.111. The summed E-state index contributed by atoms with van der Waals surface area (Å²) in [6.45, 7) is 3.77. The molecule has 7 heteroatoms. The zero-order valence-corrected chi connectivity index (χ0v) is 15.6. The van der Waals surface area contributed by atoms with Crippen LogP contribution in [0.15, 0.2) is 36.4 Å². The van der Waals surface area contributed by atoms with E-state index in [9.17, 15) is 9.18 Å². The highest BCUT2D eigenvalue weighted by Crippen LogP contribution is 2.29. The first-order valence-electron chi connectivity index (χ1n) is 8.63. The average Bonchev–Trinajstić information content (AvgIpc) is 3.17. The van der Waals surface area contributed by atoms with Crippen LogP contribution in [-0.2, 0) is 7.05 Å². The number of carbonyl (C=O) groups excluding carboxylic acids is 1. The lowest BCUT2D eigenvalue weighted by Crippen LogP contribution is -2.01. The van der Waals surface area contributed by atoms with Gasteiger partial charge in [0, 0.05) is 29.4 Å². The lowest BCUT2D eigenvalue weighted by Gasteiger charge is -2.11. The summed E-state index contributed by atoms with van der Waals surface area (Å²) in [6.07, 6.45) is 0.684. The Morgan fingerprint density at radius 1 is 1.14 bits per heavy atom. The minimum absolute atomic E-state index is 0.0402. The number of aldehydes is 1. The molecule has 0 saturated heterocycles. The Bertz CT molecular complexity index is 1290. The van der Waals surface area contributed by atoms with Crippen molar-refractivity contribution >= 4 is 17.2 Å². The molecular weight excluding hydrogens is 357 g/mol. The third kappa shape index (κ3) is 2.58. The van der Waals surface area contributed by atoms with Gasteiger partial charge in [-0.15, -0.1) is 0 Å². The Kier molecular flexibility index (Phi) is 4.04. The molecule has 0 aliphatic heterocycles. The largest absolute Gasteiger partial charge is 0.296 e. The maximum Gasteiger partial charge on any atom is 0.170 e. The molecule has 6 nitrogen and oxygen atoms in total. The van der Waals surface area contributed by atoms with Gasteiger partial charge in [0.25, 0.3) is 0 Å². The van der Waals surface area contributed by atoms with E-state index in [1.54, 1.807) is 13.0 Å². The fourth-order valence-electron chi connectivity index (χ4n) is 3.34. The molecule has 0 N–H and O–H groups in total. The van der Waals surface area contributed by atoms with Gasteiger partial charge in [0.15, 0.2) is 6.29 Å². The first-order chi connectivity index (χ1) is 13.4. The third-order valence-electron chi connectivity index (χ3n) is 4.97. The summed E-state index contributed by atoms with van der Waals surface area (Å²) in [5.74, 6) is -0.192. The first-order valence-corrected chi connectivity index (χ1v) is 8.63. The number of imidazole rings is 1. The normalized spacial score (nSPS) is 11.0. The Hall–Kier alpha value is -3.79. The van der Waals surface area contributed by atoms with Gasteiger partial charge in [-0.3, -0.25) is 14.0 Å². The predicted molar refractivity (Wildman–Crippen MR) is 103 cm³/mol. The van der Waals surface area contributed by atoms with Crippen LogP contribution in [-0.4, -0.2) is 25.6 Å². The molecule has 0 amide bonds. The highest BCUT2D eigenvalue weighted by Gasteiger charge is 2.18. The zero-order chi connectivity index (χ0) is 20.0. The van der Waals surface area contributed by atoms with Crippen molar-refractivity contribution in [2.24, 2.45) is 7.05 Å². The lowest BCUT2D eigenvalue weighted by atomic mass is 10.1. The van der Waals surface area contributed by atoms with Gasteiger partial charge in [0.05, 0.1) is 16.8 Å². The van der Waals surface area contributed by atoms with Gasteiger partial charge in [-0.05, 0) is 50.2 Å². The molecule has 0 radical (unpaired) electrons. The van der Waals surface area contributed by atoms with Gasteiger partial charge >= 0.3 is 0 Å². The fourth-order valence-corrected chi connectivity index (χ4v) is 3.34. The summed E-state index contributed by atoms with van der Waals surface area (Å²) in [4.78, 5) is 15.9. The summed E-state index contributed by atoms with van der Waals surface area (Å²) >= 11 is 0. The zero-order valence-electron chi connectivity index (χ0n) is 15.6. The van der Waals surface area contributed by atoms with Crippen molar-refractivity contribution in [1.29, 1.82) is 5.26 Å². The van der Waals surface area contributed by atoms with Gasteiger partial charge in [-0.1, -0.05) is 0 Å². The van der Waals surface area contributed by atoms with Crippen LogP contribution in [0, 0.1) is 31.0 Å². The molecular formula is C21H16FN5O. The van der Waals surface area contributed by atoms with Gasteiger partial charge in [-0.2, -0.15) is 10.4 Å². The number of aryl methyl sites for hydroxylation is 2. The second kappa shape index (κ2) is 6.43. The number of nitrogens with zero attached hydrogens (tertiary/aromatic N) is 5. The Morgan fingerprint density at radius 2 is 1.93 bits per heavy atom. The molecule has 0 spiro atoms. The van der Waals surface area contributed by atoms with Crippen molar-refractivity contribution in [1.82, 2.24) is 19.3 Å². The van der Waals surface area contributed by atoms with Crippen molar-refractivity contribution in [3.05, 3.63) is 64.9 Å². The molecule has 0 fully saturated rings. The van der Waals surface area contributed by atoms with E-state index in [4.69, 9.17) is 5.26 Å². The second-order valence-electron chi connectivity index (χ2n) is 6.58. The molecule has 0 aliphatic rings. The van der Waals surface area contributed by atoms with Crippen LogP contribution >= 0.6 is 0 Å². The van der Waals surface area contributed by atoms with Crippen LogP contribution in [0.3, 0.4) is 0 Å². The average molecular weight is 373 g/mol. The molecule has 138 valence electrons. The van der Waals surface area contributed by atoms with Crippen molar-refractivity contribution in [2.75, 3.05) is 0 Å². The molecule has 0 aliphatic carbocycles. The van der Waals surface area contributed by atoms with E-state index >= 15 is 0 Å². The van der Waals surface area contributed by atoms with Gasteiger partial charge < -0.3 is 0 Å². The number of halogens is 1. The topological polar surface area (TPSA) is 76.5 Å². The summed E-state index contributed by atoms with van der Waals surface area (Å²) in [6, 6.07) is 11.9. The number of hydrogen-bond donors (Lipinski definition) is 0. The van der Waals surface area contributed by atoms with E-state index in [1.165, 1.54) is 12.1 Å². The fraction of sp³-hybridized carbons (Fsp3) is 0.143. The quantitative estimate of drug-likeness (QED) is 0.511. The number of aromatic nitrogens is 4. The highest BCUT2D eigenvalue weighted by atomic mass is 19.1. The highest BCUT2D eigenvalue weighted by molar-refractivity contribution is 5.84. The summed E-state index contributed by atoms with van der Waals surface area (Å²) in [7, 11) is 1.88. The van der Waals surface area contributed by atoms with Gasteiger partial charge in [0.2, 0.25) is 0 Å². The Balaban J connectivity index is 1.98. The molecule has 0 unspecified atom stereocenters. The van der Waals surface area contributed by atoms with E-state index in [2.05, 4.69) is 10.1 Å². The van der Waals surface area contributed by atoms with E-state index in [0.717, 1.165) is 22.3 Å². The van der Waals surface area contributed by atoms with Gasteiger partial charge in [0.1, 0.15) is 23.4 Å². The third-order valence-corrected chi connectivity index (χ3v) is 4.97. The van der Waals surface area contributed by atoms with Crippen LogP contribution < -0.4 is 0 Å². The van der Waals surface area contributed by atoms with Crippen molar-refractivity contribution in [2.45, 2.75) is 13.8 Å². The number of carbonyl (C=O) groups is 1. The summed E-state index contributed by atoms with van der Waals surface area (Å²) in [5.41, 5.74) is 4.04. The monoisotopic (exact) mass is 373 g/mol. The van der Waals surface area contributed by atoms with E-state index in [1.807, 2.05) is 47.5 Å². The first kappa shape index (κ1) is 17.6. The Morgan fingerprint density at radius 3 is 2.61 bits per heavy atom. The van der Waals surface area contributed by atoms with E-state index in [0.29, 0.717) is 23.4 Å². The molecule has 4 aromatic rings. The number of hydrogen-bond acceptors (Lipinski definition) is 4. The van der Waals surface area contributed by atoms with Crippen LogP contribution in [0.25, 0.3) is 28.0 Å². The summed E-state index contributed by atoms with van der Waals surface area (Å²) in [5, 5.41) is 14.4.